The number of hydrogen-bond donors (Lipinski definition) is 1. The van der Waals surface area contributed by atoms with Crippen LogP contribution in [0.4, 0.5) is 5.69 Å². The fourth-order valence-corrected chi connectivity index (χ4v) is 3.85. The number of benzene rings is 3. The van der Waals surface area contributed by atoms with Gasteiger partial charge in [-0.2, -0.15) is 0 Å². The van der Waals surface area contributed by atoms with E-state index in [-0.39, 0.29) is 18.5 Å². The zero-order valence-corrected chi connectivity index (χ0v) is 20.1. The fraction of sp³-hybridized carbons (Fsp3) is 0.143. The van der Waals surface area contributed by atoms with Crippen LogP contribution in [0.1, 0.15) is 32.9 Å². The Morgan fingerprint density at radius 1 is 0.944 bits per heavy atom. The highest BCUT2D eigenvalue weighted by Gasteiger charge is 2.18. The van der Waals surface area contributed by atoms with E-state index in [1.165, 1.54) is 0 Å². The fourth-order valence-electron chi connectivity index (χ4n) is 3.85. The van der Waals surface area contributed by atoms with Gasteiger partial charge >= 0.3 is 6.01 Å². The molecular formula is C28H24N4O4. The largest absolute Gasteiger partial charge is 0.488 e. The Labute approximate surface area is 207 Å². The zero-order chi connectivity index (χ0) is 25.1. The lowest BCUT2D eigenvalue weighted by Gasteiger charge is -2.15. The van der Waals surface area contributed by atoms with Crippen molar-refractivity contribution in [2.24, 2.45) is 0 Å². The van der Waals surface area contributed by atoms with E-state index in [9.17, 15) is 4.79 Å². The molecule has 0 unspecified atom stereocenters. The number of nitrogens with zero attached hydrogens (tertiary/aromatic N) is 3. The molecule has 180 valence electrons. The topological polar surface area (TPSA) is 99.4 Å². The number of anilines is 1. The van der Waals surface area contributed by atoms with Gasteiger partial charge in [-0.05, 0) is 73.5 Å². The molecule has 0 aliphatic heterocycles. The van der Waals surface area contributed by atoms with Crippen LogP contribution in [-0.2, 0) is 6.61 Å². The van der Waals surface area contributed by atoms with Crippen LogP contribution < -0.4 is 14.8 Å². The van der Waals surface area contributed by atoms with Crippen molar-refractivity contribution in [1.29, 1.82) is 0 Å². The van der Waals surface area contributed by atoms with E-state index in [0.717, 1.165) is 27.6 Å². The van der Waals surface area contributed by atoms with Crippen molar-refractivity contribution in [1.82, 2.24) is 15.1 Å². The summed E-state index contributed by atoms with van der Waals surface area (Å²) < 4.78 is 17.1. The summed E-state index contributed by atoms with van der Waals surface area (Å²) in [4.78, 5) is 21.6. The summed E-state index contributed by atoms with van der Waals surface area (Å²) in [6.07, 6.45) is 3.22. The molecule has 0 saturated heterocycles. The average Bonchev–Trinajstić information content (AvgIpc) is 3.21. The molecular weight excluding hydrogens is 456 g/mol. The Morgan fingerprint density at radius 2 is 1.69 bits per heavy atom. The first-order valence-corrected chi connectivity index (χ1v) is 11.4. The Hall–Kier alpha value is -4.72. The maximum Gasteiger partial charge on any atom is 0.321 e. The Bertz CT molecular complexity index is 1530. The first kappa shape index (κ1) is 23.0. The lowest BCUT2D eigenvalue weighted by Crippen LogP contribution is -2.15. The first-order chi connectivity index (χ1) is 17.5. The summed E-state index contributed by atoms with van der Waals surface area (Å²) in [7, 11) is 0. The molecule has 0 radical (unpaired) electrons. The molecule has 5 rings (SSSR count). The average molecular weight is 481 g/mol. The van der Waals surface area contributed by atoms with Crippen LogP contribution in [0, 0.1) is 20.8 Å². The van der Waals surface area contributed by atoms with Gasteiger partial charge in [0.15, 0.2) is 0 Å². The molecule has 5 aromatic rings. The van der Waals surface area contributed by atoms with Crippen molar-refractivity contribution in [3.63, 3.8) is 0 Å². The van der Waals surface area contributed by atoms with E-state index in [2.05, 4.69) is 20.4 Å². The van der Waals surface area contributed by atoms with E-state index >= 15 is 0 Å². The third kappa shape index (κ3) is 4.88. The van der Waals surface area contributed by atoms with Gasteiger partial charge < -0.3 is 19.3 Å². The summed E-state index contributed by atoms with van der Waals surface area (Å²) in [6, 6.07) is 18.9. The molecule has 1 amide bonds. The molecule has 0 aliphatic carbocycles. The molecule has 0 saturated carbocycles. The molecule has 36 heavy (non-hydrogen) atoms. The van der Waals surface area contributed by atoms with Crippen molar-refractivity contribution in [2.45, 2.75) is 27.4 Å². The van der Waals surface area contributed by atoms with Crippen LogP contribution in [0.3, 0.4) is 0 Å². The van der Waals surface area contributed by atoms with Crippen LogP contribution in [0.15, 0.2) is 77.6 Å². The van der Waals surface area contributed by atoms with Gasteiger partial charge in [0.2, 0.25) is 0 Å². The minimum absolute atomic E-state index is 0.242. The first-order valence-electron chi connectivity index (χ1n) is 11.4. The number of aryl methyl sites for hydroxylation is 3. The number of carbonyl (C=O) groups is 1. The summed E-state index contributed by atoms with van der Waals surface area (Å²) >= 11 is 0. The van der Waals surface area contributed by atoms with E-state index in [1.54, 1.807) is 30.6 Å². The number of rotatable bonds is 7. The number of hydrogen-bond acceptors (Lipinski definition) is 7. The SMILES string of the molecule is Cc1cc(Oc2ncccn2)ccc1NC(=O)c1cc2ccccc2cc1OCc1c(C)noc1C. The molecule has 8 nitrogen and oxygen atoms in total. The second kappa shape index (κ2) is 9.87. The van der Waals surface area contributed by atoms with Crippen LogP contribution in [0.25, 0.3) is 10.8 Å². The second-order valence-electron chi connectivity index (χ2n) is 8.35. The number of aromatic nitrogens is 3. The lowest BCUT2D eigenvalue weighted by molar-refractivity contribution is 0.102. The highest BCUT2D eigenvalue weighted by atomic mass is 16.5. The maximum absolute atomic E-state index is 13.4. The molecule has 2 aromatic heterocycles. The second-order valence-corrected chi connectivity index (χ2v) is 8.35. The minimum Gasteiger partial charge on any atom is -0.488 e. The predicted octanol–water partition coefficient (Wildman–Crippen LogP) is 6.17. The van der Waals surface area contributed by atoms with Crippen LogP contribution in [0.2, 0.25) is 0 Å². The Morgan fingerprint density at radius 3 is 2.39 bits per heavy atom. The van der Waals surface area contributed by atoms with Crippen LogP contribution in [-0.4, -0.2) is 21.0 Å². The summed E-state index contributed by atoms with van der Waals surface area (Å²) in [5, 5.41) is 8.90. The maximum atomic E-state index is 13.4. The van der Waals surface area contributed by atoms with Gasteiger partial charge in [-0.25, -0.2) is 9.97 Å². The molecule has 0 aliphatic rings. The molecule has 0 bridgehead atoms. The van der Waals surface area contributed by atoms with E-state index < -0.39 is 0 Å². The molecule has 2 heterocycles. The van der Waals surface area contributed by atoms with Crippen molar-refractivity contribution in [3.8, 4) is 17.5 Å². The Kier molecular flexibility index (Phi) is 6.32. The monoisotopic (exact) mass is 480 g/mol. The van der Waals surface area contributed by atoms with Gasteiger partial charge in [-0.1, -0.05) is 29.4 Å². The van der Waals surface area contributed by atoms with Crippen molar-refractivity contribution < 1.29 is 18.8 Å². The normalized spacial score (nSPS) is 10.9. The molecule has 3 aromatic carbocycles. The standard InChI is InChI=1S/C28H24N4O4/c1-17-13-22(35-28-29-11-6-12-30-28)9-10-25(17)31-27(33)23-14-20-7-4-5-8-21(20)15-26(23)34-16-24-18(2)32-36-19(24)3/h4-15H,16H2,1-3H3,(H,31,33). The van der Waals surface area contributed by atoms with Crippen LogP contribution >= 0.6 is 0 Å². The van der Waals surface area contributed by atoms with Gasteiger partial charge in [0, 0.05) is 18.1 Å². The number of nitrogens with one attached hydrogen (secondary N) is 1. The number of carbonyl (C=O) groups excluding carboxylic acids is 1. The van der Waals surface area contributed by atoms with E-state index in [0.29, 0.717) is 28.5 Å². The van der Waals surface area contributed by atoms with E-state index in [1.807, 2.05) is 63.2 Å². The third-order valence-electron chi connectivity index (χ3n) is 5.84. The van der Waals surface area contributed by atoms with Gasteiger partial charge in [0.1, 0.15) is 23.9 Å². The minimum atomic E-state index is -0.280. The summed E-state index contributed by atoms with van der Waals surface area (Å²) in [5.41, 5.74) is 3.54. The quantitative estimate of drug-likeness (QED) is 0.297. The number of fused-ring (bicyclic) bond motifs is 1. The lowest BCUT2D eigenvalue weighted by atomic mass is 10.0. The smallest absolute Gasteiger partial charge is 0.321 e. The van der Waals surface area contributed by atoms with Crippen LogP contribution in [0.5, 0.6) is 17.5 Å². The van der Waals surface area contributed by atoms with Crippen molar-refractivity contribution in [3.05, 3.63) is 101 Å². The molecule has 0 fully saturated rings. The summed E-state index contributed by atoms with van der Waals surface area (Å²) in [5.74, 6) is 1.46. The van der Waals surface area contributed by atoms with Gasteiger partial charge in [0.05, 0.1) is 16.8 Å². The molecule has 0 spiro atoms. The summed E-state index contributed by atoms with van der Waals surface area (Å²) in [6.45, 7) is 5.84. The highest BCUT2D eigenvalue weighted by Crippen LogP contribution is 2.30. The number of amides is 1. The van der Waals surface area contributed by atoms with Gasteiger partial charge in [-0.15, -0.1) is 0 Å². The third-order valence-corrected chi connectivity index (χ3v) is 5.84. The molecule has 8 heteroatoms. The highest BCUT2D eigenvalue weighted by molar-refractivity contribution is 6.09. The van der Waals surface area contributed by atoms with Crippen molar-refractivity contribution in [2.75, 3.05) is 5.32 Å². The van der Waals surface area contributed by atoms with Crippen molar-refractivity contribution >= 4 is 22.4 Å². The molecule has 0 atom stereocenters. The zero-order valence-electron chi connectivity index (χ0n) is 20.1. The number of ether oxygens (including phenoxy) is 2. The predicted molar refractivity (Wildman–Crippen MR) is 135 cm³/mol. The van der Waals surface area contributed by atoms with Gasteiger partial charge in [0.25, 0.3) is 5.91 Å². The van der Waals surface area contributed by atoms with Gasteiger partial charge in [-0.3, -0.25) is 4.79 Å². The Balaban J connectivity index is 1.40. The van der Waals surface area contributed by atoms with E-state index in [4.69, 9.17) is 14.0 Å². The molecule has 1 N–H and O–H groups in total.